The van der Waals surface area contributed by atoms with Gasteiger partial charge < -0.3 is 24.7 Å². The molecule has 32 heavy (non-hydrogen) atoms. The van der Waals surface area contributed by atoms with Gasteiger partial charge in [0.25, 0.3) is 5.91 Å². The van der Waals surface area contributed by atoms with E-state index >= 15 is 0 Å². The molecule has 1 atom stereocenters. The van der Waals surface area contributed by atoms with Gasteiger partial charge in [-0.2, -0.15) is 0 Å². The average Bonchev–Trinajstić information content (AvgIpc) is 3.49. The zero-order valence-electron chi connectivity index (χ0n) is 18.7. The van der Waals surface area contributed by atoms with Crippen LogP contribution in [0.2, 0.25) is 0 Å². The second-order valence-corrected chi connectivity index (χ2v) is 9.84. The fourth-order valence-corrected chi connectivity index (χ4v) is 4.44. The first-order valence-electron chi connectivity index (χ1n) is 10.6. The van der Waals surface area contributed by atoms with Gasteiger partial charge in [0.15, 0.2) is 0 Å². The van der Waals surface area contributed by atoms with Crippen molar-refractivity contribution in [1.82, 2.24) is 20.2 Å². The number of hydrogen-bond donors (Lipinski definition) is 2. The summed E-state index contributed by atoms with van der Waals surface area (Å²) in [4.78, 5) is 35.9. The summed E-state index contributed by atoms with van der Waals surface area (Å²) in [6.45, 7) is 7.24. The maximum atomic E-state index is 13.0. The third-order valence-electron chi connectivity index (χ3n) is 5.31. The molecule has 0 radical (unpaired) electrons. The molecule has 0 spiro atoms. The van der Waals surface area contributed by atoms with E-state index in [1.54, 1.807) is 35.5 Å². The standard InChI is InChI=1S/C23H28N4O4S/c1-23(2,3)31-22(29)27-10-9-14(13-27)12-24-21(28)15-7-8-16(30-4)19-18(15)25-20(26-19)17-6-5-11-32-17/h5-8,11,14H,9-10,12-13H2,1-4H3,(H,24,28)(H,25,26). The van der Waals surface area contributed by atoms with E-state index < -0.39 is 5.60 Å². The number of nitrogens with one attached hydrogen (secondary N) is 2. The van der Waals surface area contributed by atoms with Crippen molar-refractivity contribution in [2.24, 2.45) is 5.92 Å². The topological polar surface area (TPSA) is 96.6 Å². The molecule has 170 valence electrons. The van der Waals surface area contributed by atoms with Crippen LogP contribution in [0.25, 0.3) is 21.7 Å². The predicted octanol–water partition coefficient (Wildman–Crippen LogP) is 4.29. The number of carbonyl (C=O) groups excluding carboxylic acids is 2. The Labute approximate surface area is 190 Å². The highest BCUT2D eigenvalue weighted by Gasteiger charge is 2.30. The summed E-state index contributed by atoms with van der Waals surface area (Å²) in [7, 11) is 1.59. The zero-order chi connectivity index (χ0) is 22.9. The van der Waals surface area contributed by atoms with Gasteiger partial charge >= 0.3 is 6.09 Å². The van der Waals surface area contributed by atoms with Crippen LogP contribution in [-0.4, -0.2) is 59.2 Å². The maximum absolute atomic E-state index is 13.0. The quantitative estimate of drug-likeness (QED) is 0.597. The normalized spacial score (nSPS) is 16.4. The first kappa shape index (κ1) is 22.1. The number of nitrogens with zero attached hydrogens (tertiary/aromatic N) is 2. The van der Waals surface area contributed by atoms with E-state index in [9.17, 15) is 9.59 Å². The molecular formula is C23H28N4O4S. The SMILES string of the molecule is COc1ccc(C(=O)NCC2CCN(C(=O)OC(C)(C)C)C2)c2nc(-c3cccs3)[nH]c12. The van der Waals surface area contributed by atoms with Gasteiger partial charge in [-0.3, -0.25) is 4.79 Å². The Bertz CT molecular complexity index is 1120. The summed E-state index contributed by atoms with van der Waals surface area (Å²) in [6, 6.07) is 7.44. The molecule has 3 heterocycles. The Balaban J connectivity index is 1.45. The number of likely N-dealkylation sites (tertiary alicyclic amines) is 1. The van der Waals surface area contributed by atoms with Gasteiger partial charge in [0.05, 0.1) is 17.6 Å². The number of imidazole rings is 1. The highest BCUT2D eigenvalue weighted by atomic mass is 32.1. The Morgan fingerprint density at radius 3 is 2.81 bits per heavy atom. The lowest BCUT2D eigenvalue weighted by atomic mass is 10.1. The number of fused-ring (bicyclic) bond motifs is 1. The first-order valence-corrected chi connectivity index (χ1v) is 11.5. The highest BCUT2D eigenvalue weighted by molar-refractivity contribution is 7.13. The van der Waals surface area contributed by atoms with Crippen LogP contribution in [0.5, 0.6) is 5.75 Å². The van der Waals surface area contributed by atoms with E-state index in [0.717, 1.165) is 11.3 Å². The minimum absolute atomic E-state index is 0.182. The minimum Gasteiger partial charge on any atom is -0.494 e. The van der Waals surface area contributed by atoms with Gasteiger partial charge in [-0.1, -0.05) is 6.07 Å². The monoisotopic (exact) mass is 456 g/mol. The maximum Gasteiger partial charge on any atom is 0.410 e. The van der Waals surface area contributed by atoms with E-state index in [1.165, 1.54) is 0 Å². The third kappa shape index (κ3) is 4.72. The van der Waals surface area contributed by atoms with Crippen molar-refractivity contribution in [2.75, 3.05) is 26.7 Å². The van der Waals surface area contributed by atoms with Gasteiger partial charge in [-0.15, -0.1) is 11.3 Å². The van der Waals surface area contributed by atoms with Crippen LogP contribution in [0.4, 0.5) is 4.79 Å². The fraction of sp³-hybridized carbons (Fsp3) is 0.435. The molecule has 1 unspecified atom stereocenters. The largest absolute Gasteiger partial charge is 0.494 e. The van der Waals surface area contributed by atoms with Crippen molar-refractivity contribution in [2.45, 2.75) is 32.8 Å². The molecular weight excluding hydrogens is 428 g/mol. The third-order valence-corrected chi connectivity index (χ3v) is 6.19. The Kier molecular flexibility index (Phi) is 6.10. The molecule has 0 bridgehead atoms. The molecule has 4 rings (SSSR count). The molecule has 1 fully saturated rings. The molecule has 2 aromatic heterocycles. The molecule has 2 N–H and O–H groups in total. The number of H-pyrrole nitrogens is 1. The smallest absolute Gasteiger partial charge is 0.410 e. The molecule has 3 aromatic rings. The van der Waals surface area contributed by atoms with Crippen LogP contribution in [0.15, 0.2) is 29.6 Å². The van der Waals surface area contributed by atoms with E-state index in [-0.39, 0.29) is 17.9 Å². The van der Waals surface area contributed by atoms with Crippen LogP contribution >= 0.6 is 11.3 Å². The summed E-state index contributed by atoms with van der Waals surface area (Å²) in [5.74, 6) is 1.33. The van der Waals surface area contributed by atoms with Crippen LogP contribution in [-0.2, 0) is 4.74 Å². The van der Waals surface area contributed by atoms with Gasteiger partial charge in [0, 0.05) is 19.6 Å². The first-order chi connectivity index (χ1) is 15.2. The Morgan fingerprint density at radius 1 is 1.31 bits per heavy atom. The van der Waals surface area contributed by atoms with E-state index in [0.29, 0.717) is 47.8 Å². The Hall–Kier alpha value is -3.07. The lowest BCUT2D eigenvalue weighted by Gasteiger charge is -2.24. The summed E-state index contributed by atoms with van der Waals surface area (Å²) >= 11 is 1.57. The van der Waals surface area contributed by atoms with E-state index in [4.69, 9.17) is 9.47 Å². The lowest BCUT2D eigenvalue weighted by molar-refractivity contribution is 0.0288. The van der Waals surface area contributed by atoms with Crippen molar-refractivity contribution in [3.8, 4) is 16.5 Å². The van der Waals surface area contributed by atoms with E-state index in [1.807, 2.05) is 38.3 Å². The van der Waals surface area contributed by atoms with Crippen molar-refractivity contribution in [1.29, 1.82) is 0 Å². The molecule has 1 aliphatic rings. The molecule has 1 aromatic carbocycles. The molecule has 0 saturated carbocycles. The number of ether oxygens (including phenoxy) is 2. The van der Waals surface area contributed by atoms with Crippen molar-refractivity contribution >= 4 is 34.4 Å². The van der Waals surface area contributed by atoms with Gasteiger partial charge in [0.1, 0.15) is 28.2 Å². The van der Waals surface area contributed by atoms with Gasteiger partial charge in [0.2, 0.25) is 0 Å². The van der Waals surface area contributed by atoms with Gasteiger partial charge in [-0.25, -0.2) is 9.78 Å². The summed E-state index contributed by atoms with van der Waals surface area (Å²) in [6.07, 6.45) is 0.517. The van der Waals surface area contributed by atoms with Crippen molar-refractivity contribution < 1.29 is 19.1 Å². The summed E-state index contributed by atoms with van der Waals surface area (Å²) in [5.41, 5.74) is 1.24. The number of thiophene rings is 1. The second-order valence-electron chi connectivity index (χ2n) is 8.89. The molecule has 0 aliphatic carbocycles. The molecule has 2 amide bonds. The number of aromatic nitrogens is 2. The summed E-state index contributed by atoms with van der Waals surface area (Å²) in [5, 5.41) is 4.99. The molecule has 1 aliphatic heterocycles. The molecule has 8 nitrogen and oxygen atoms in total. The average molecular weight is 457 g/mol. The second kappa shape index (κ2) is 8.82. The van der Waals surface area contributed by atoms with Crippen molar-refractivity contribution in [3.05, 3.63) is 35.2 Å². The minimum atomic E-state index is -0.519. The number of methoxy groups -OCH3 is 1. The van der Waals surface area contributed by atoms with Crippen LogP contribution < -0.4 is 10.1 Å². The van der Waals surface area contributed by atoms with Crippen LogP contribution in [0.1, 0.15) is 37.6 Å². The van der Waals surface area contributed by atoms with Gasteiger partial charge in [-0.05, 0) is 56.7 Å². The number of benzene rings is 1. The van der Waals surface area contributed by atoms with Crippen LogP contribution in [0, 0.1) is 5.92 Å². The number of carbonyl (C=O) groups is 2. The molecule has 1 saturated heterocycles. The Morgan fingerprint density at radius 2 is 2.12 bits per heavy atom. The number of rotatable bonds is 5. The van der Waals surface area contributed by atoms with Crippen molar-refractivity contribution in [3.63, 3.8) is 0 Å². The summed E-state index contributed by atoms with van der Waals surface area (Å²) < 4.78 is 10.9. The predicted molar refractivity (Wildman–Crippen MR) is 124 cm³/mol. The number of amides is 2. The van der Waals surface area contributed by atoms with Crippen LogP contribution in [0.3, 0.4) is 0 Å². The number of hydrogen-bond acceptors (Lipinski definition) is 6. The molecule has 9 heteroatoms. The zero-order valence-corrected chi connectivity index (χ0v) is 19.5. The lowest BCUT2D eigenvalue weighted by Crippen LogP contribution is -2.36. The van der Waals surface area contributed by atoms with E-state index in [2.05, 4.69) is 15.3 Å². The number of aromatic amines is 1. The highest BCUT2D eigenvalue weighted by Crippen LogP contribution is 2.31. The fourth-order valence-electron chi connectivity index (χ4n) is 3.77.